The van der Waals surface area contributed by atoms with Gasteiger partial charge in [-0.3, -0.25) is 4.90 Å². The molecular weight excluding hydrogens is 262 g/mol. The van der Waals surface area contributed by atoms with E-state index in [1.807, 2.05) is 7.11 Å². The highest BCUT2D eigenvalue weighted by molar-refractivity contribution is 5.82. The van der Waals surface area contributed by atoms with Gasteiger partial charge in [-0.1, -0.05) is 25.1 Å². The first-order valence-corrected chi connectivity index (χ1v) is 7.96. The molecule has 0 bridgehead atoms. The molecule has 1 saturated heterocycles. The fourth-order valence-electron chi connectivity index (χ4n) is 4.45. The van der Waals surface area contributed by atoms with Crippen molar-refractivity contribution in [1.82, 2.24) is 4.90 Å². The van der Waals surface area contributed by atoms with Crippen LogP contribution in [0, 0.1) is 5.41 Å². The molecule has 1 fully saturated rings. The van der Waals surface area contributed by atoms with Gasteiger partial charge < -0.3 is 9.15 Å². The van der Waals surface area contributed by atoms with Crippen LogP contribution in [0.1, 0.15) is 37.1 Å². The lowest BCUT2D eigenvalue weighted by atomic mass is 9.72. The SMILES string of the molecule is COC[C@@]1(C)CCCN2CCc3c(oc4ccccc34)[C@@H]21. The van der Waals surface area contributed by atoms with Gasteiger partial charge >= 0.3 is 0 Å². The fourth-order valence-corrected chi connectivity index (χ4v) is 4.45. The molecule has 0 spiro atoms. The molecule has 2 atom stereocenters. The zero-order valence-corrected chi connectivity index (χ0v) is 12.9. The second-order valence-corrected chi connectivity index (χ2v) is 6.82. The molecule has 3 heterocycles. The first-order valence-electron chi connectivity index (χ1n) is 7.96. The van der Waals surface area contributed by atoms with Gasteiger partial charge in [-0.25, -0.2) is 0 Å². The van der Waals surface area contributed by atoms with Crippen LogP contribution in [-0.4, -0.2) is 31.7 Å². The van der Waals surface area contributed by atoms with Gasteiger partial charge in [-0.2, -0.15) is 0 Å². The Bertz CT molecular complexity index is 658. The van der Waals surface area contributed by atoms with E-state index in [2.05, 4.69) is 36.1 Å². The van der Waals surface area contributed by atoms with Crippen molar-refractivity contribution in [2.75, 3.05) is 26.8 Å². The predicted octanol–water partition coefficient (Wildman–Crippen LogP) is 3.78. The Labute approximate surface area is 125 Å². The standard InChI is InChI=1S/C18H23NO2/c1-18(12-20-2)9-5-10-19-11-8-14-13-6-3-4-7-15(13)21-16(14)17(18)19/h3-4,6-7,17H,5,8-12H2,1-2H3/t17-,18-/m1/s1. The van der Waals surface area contributed by atoms with Gasteiger partial charge in [0.05, 0.1) is 12.6 Å². The Balaban J connectivity index is 1.87. The van der Waals surface area contributed by atoms with E-state index in [1.54, 1.807) is 0 Å². The normalized spacial score (nSPS) is 29.3. The van der Waals surface area contributed by atoms with Gasteiger partial charge in [0.25, 0.3) is 0 Å². The van der Waals surface area contributed by atoms with Gasteiger partial charge in [-0.15, -0.1) is 0 Å². The van der Waals surface area contributed by atoms with Gasteiger partial charge in [0.2, 0.25) is 0 Å². The molecule has 0 radical (unpaired) electrons. The zero-order chi connectivity index (χ0) is 14.4. The van der Waals surface area contributed by atoms with E-state index in [1.165, 1.54) is 36.1 Å². The molecule has 3 heteroatoms. The highest BCUT2D eigenvalue weighted by atomic mass is 16.5. The highest BCUT2D eigenvalue weighted by Crippen LogP contribution is 2.50. The van der Waals surface area contributed by atoms with Crippen LogP contribution in [0.2, 0.25) is 0 Å². The van der Waals surface area contributed by atoms with Gasteiger partial charge in [0.15, 0.2) is 0 Å². The number of piperidine rings is 1. The van der Waals surface area contributed by atoms with Crippen LogP contribution in [0.5, 0.6) is 0 Å². The van der Waals surface area contributed by atoms with Gasteiger partial charge in [0, 0.05) is 30.0 Å². The van der Waals surface area contributed by atoms with E-state index >= 15 is 0 Å². The summed E-state index contributed by atoms with van der Waals surface area (Å²) < 4.78 is 11.9. The lowest BCUT2D eigenvalue weighted by Crippen LogP contribution is -2.49. The summed E-state index contributed by atoms with van der Waals surface area (Å²) in [6, 6.07) is 8.82. The lowest BCUT2D eigenvalue weighted by molar-refractivity contribution is -0.0428. The van der Waals surface area contributed by atoms with Crippen molar-refractivity contribution in [3.05, 3.63) is 35.6 Å². The van der Waals surface area contributed by atoms with E-state index in [9.17, 15) is 0 Å². The number of furan rings is 1. The number of ether oxygens (including phenoxy) is 1. The van der Waals surface area contributed by atoms with Crippen molar-refractivity contribution in [2.45, 2.75) is 32.2 Å². The van der Waals surface area contributed by atoms with Crippen molar-refractivity contribution < 1.29 is 9.15 Å². The lowest BCUT2D eigenvalue weighted by Gasteiger charge is -2.49. The number of rotatable bonds is 2. The summed E-state index contributed by atoms with van der Waals surface area (Å²) in [4.78, 5) is 2.60. The van der Waals surface area contributed by atoms with Crippen LogP contribution < -0.4 is 0 Å². The maximum absolute atomic E-state index is 6.30. The van der Waals surface area contributed by atoms with Crippen molar-refractivity contribution in [1.29, 1.82) is 0 Å². The highest BCUT2D eigenvalue weighted by Gasteiger charge is 2.46. The smallest absolute Gasteiger partial charge is 0.134 e. The molecule has 1 aromatic heterocycles. The number of hydrogen-bond donors (Lipinski definition) is 0. The number of nitrogens with zero attached hydrogens (tertiary/aromatic N) is 1. The molecule has 0 aliphatic carbocycles. The number of benzene rings is 1. The Morgan fingerprint density at radius 1 is 1.33 bits per heavy atom. The summed E-state index contributed by atoms with van der Waals surface area (Å²) in [5, 5.41) is 1.30. The maximum Gasteiger partial charge on any atom is 0.134 e. The van der Waals surface area contributed by atoms with Crippen LogP contribution in [0.25, 0.3) is 11.0 Å². The Kier molecular flexibility index (Phi) is 3.09. The van der Waals surface area contributed by atoms with Crippen molar-refractivity contribution >= 4 is 11.0 Å². The van der Waals surface area contributed by atoms with E-state index in [0.29, 0.717) is 6.04 Å². The molecular formula is C18H23NO2. The molecule has 0 saturated carbocycles. The summed E-state index contributed by atoms with van der Waals surface area (Å²) in [6.45, 7) is 5.47. The van der Waals surface area contributed by atoms with Gasteiger partial charge in [0.1, 0.15) is 11.3 Å². The number of methoxy groups -OCH3 is 1. The van der Waals surface area contributed by atoms with Crippen LogP contribution in [0.3, 0.4) is 0 Å². The summed E-state index contributed by atoms with van der Waals surface area (Å²) in [6.07, 6.45) is 3.57. The van der Waals surface area contributed by atoms with E-state index < -0.39 is 0 Å². The molecule has 2 aliphatic rings. The molecule has 0 amide bonds. The van der Waals surface area contributed by atoms with Crippen molar-refractivity contribution in [3.8, 4) is 0 Å². The largest absolute Gasteiger partial charge is 0.459 e. The van der Waals surface area contributed by atoms with E-state index in [4.69, 9.17) is 9.15 Å². The second-order valence-electron chi connectivity index (χ2n) is 6.82. The van der Waals surface area contributed by atoms with Crippen LogP contribution in [-0.2, 0) is 11.2 Å². The monoisotopic (exact) mass is 285 g/mol. The summed E-state index contributed by atoms with van der Waals surface area (Å²) in [5.41, 5.74) is 2.61. The molecule has 0 unspecified atom stereocenters. The molecule has 112 valence electrons. The number of para-hydroxylation sites is 1. The summed E-state index contributed by atoms with van der Waals surface area (Å²) in [5.74, 6) is 1.20. The summed E-state index contributed by atoms with van der Waals surface area (Å²) in [7, 11) is 1.81. The molecule has 21 heavy (non-hydrogen) atoms. The first-order chi connectivity index (χ1) is 10.2. The molecule has 0 N–H and O–H groups in total. The topological polar surface area (TPSA) is 25.6 Å². The van der Waals surface area contributed by atoms with E-state index in [-0.39, 0.29) is 5.41 Å². The molecule has 3 nitrogen and oxygen atoms in total. The first kappa shape index (κ1) is 13.4. The van der Waals surface area contributed by atoms with Crippen LogP contribution in [0.4, 0.5) is 0 Å². The molecule has 4 rings (SSSR count). The zero-order valence-electron chi connectivity index (χ0n) is 12.9. The van der Waals surface area contributed by atoms with Crippen LogP contribution in [0.15, 0.2) is 28.7 Å². The average molecular weight is 285 g/mol. The Morgan fingerprint density at radius 2 is 2.19 bits per heavy atom. The molecule has 2 aliphatic heterocycles. The third-order valence-electron chi connectivity index (χ3n) is 5.32. The van der Waals surface area contributed by atoms with Crippen molar-refractivity contribution in [3.63, 3.8) is 0 Å². The fraction of sp³-hybridized carbons (Fsp3) is 0.556. The molecule has 2 aromatic rings. The minimum atomic E-state index is 0.149. The van der Waals surface area contributed by atoms with Crippen molar-refractivity contribution in [2.24, 2.45) is 5.41 Å². The Hall–Kier alpha value is -1.32. The summed E-state index contributed by atoms with van der Waals surface area (Å²) >= 11 is 0. The average Bonchev–Trinajstić information content (AvgIpc) is 2.85. The Morgan fingerprint density at radius 3 is 3.05 bits per heavy atom. The van der Waals surface area contributed by atoms with Gasteiger partial charge in [-0.05, 0) is 31.9 Å². The van der Waals surface area contributed by atoms with E-state index in [0.717, 1.165) is 25.2 Å². The third kappa shape index (κ3) is 1.95. The second kappa shape index (κ2) is 4.85. The van der Waals surface area contributed by atoms with Crippen LogP contribution >= 0.6 is 0 Å². The minimum absolute atomic E-state index is 0.149. The maximum atomic E-state index is 6.30. The quantitative estimate of drug-likeness (QED) is 0.839. The number of hydrogen-bond acceptors (Lipinski definition) is 3. The third-order valence-corrected chi connectivity index (χ3v) is 5.32. The molecule has 1 aromatic carbocycles. The minimum Gasteiger partial charge on any atom is -0.459 e. The number of fused-ring (bicyclic) bond motifs is 5. The predicted molar refractivity (Wildman–Crippen MR) is 83.4 cm³/mol.